The van der Waals surface area contributed by atoms with E-state index in [1.807, 2.05) is 6.92 Å². The van der Waals surface area contributed by atoms with Gasteiger partial charge in [-0.15, -0.1) is 0 Å². The summed E-state index contributed by atoms with van der Waals surface area (Å²) in [7, 11) is 1.57. The van der Waals surface area contributed by atoms with E-state index >= 15 is 0 Å². The maximum Gasteiger partial charge on any atom is 0.302 e. The Bertz CT molecular complexity index is 147. The van der Waals surface area contributed by atoms with Crippen LogP contribution in [0.25, 0.3) is 0 Å². The number of methoxy groups -OCH3 is 1. The summed E-state index contributed by atoms with van der Waals surface area (Å²) in [6, 6.07) is 0. The van der Waals surface area contributed by atoms with Gasteiger partial charge in [0.1, 0.15) is 6.10 Å². The smallest absolute Gasteiger partial charge is 0.302 e. The molecule has 5 nitrogen and oxygen atoms in total. The van der Waals surface area contributed by atoms with E-state index in [0.717, 1.165) is 6.42 Å². The standard InChI is InChI=1S/C6H12O3.C4H10O2/c1-5(4-8-3)9-6(2)7;1-2-3-4(5)6/h5H,4H2,1-3H3;4-6H,2-3H2,1H3. The minimum absolute atomic E-state index is 0.132. The number of rotatable bonds is 5. The fourth-order valence-electron chi connectivity index (χ4n) is 0.810. The van der Waals surface area contributed by atoms with Gasteiger partial charge in [-0.1, -0.05) is 13.3 Å². The summed E-state index contributed by atoms with van der Waals surface area (Å²) in [4.78, 5) is 10.3. The van der Waals surface area contributed by atoms with Crippen LogP contribution in [0.1, 0.15) is 33.6 Å². The summed E-state index contributed by atoms with van der Waals surface area (Å²) in [6.45, 7) is 5.52. The summed E-state index contributed by atoms with van der Waals surface area (Å²) in [5.74, 6) is -0.264. The Morgan fingerprint density at radius 3 is 2.13 bits per heavy atom. The highest BCUT2D eigenvalue weighted by Gasteiger charge is 2.02. The molecule has 0 aromatic rings. The van der Waals surface area contributed by atoms with Gasteiger partial charge in [-0.25, -0.2) is 0 Å². The molecule has 0 bridgehead atoms. The first kappa shape index (κ1) is 16.8. The molecule has 2 N–H and O–H groups in total. The van der Waals surface area contributed by atoms with Crippen molar-refractivity contribution >= 4 is 5.97 Å². The van der Waals surface area contributed by atoms with Crippen molar-refractivity contribution in [1.29, 1.82) is 0 Å². The Morgan fingerprint density at radius 2 is 1.93 bits per heavy atom. The summed E-state index contributed by atoms with van der Waals surface area (Å²) in [5, 5.41) is 16.2. The van der Waals surface area contributed by atoms with Gasteiger partial charge in [-0.05, 0) is 13.3 Å². The molecule has 0 saturated heterocycles. The molecule has 5 heteroatoms. The third-order valence-electron chi connectivity index (χ3n) is 1.32. The van der Waals surface area contributed by atoms with Crippen LogP contribution in [0.3, 0.4) is 0 Å². The Morgan fingerprint density at radius 1 is 1.40 bits per heavy atom. The van der Waals surface area contributed by atoms with Crippen LogP contribution in [0.15, 0.2) is 0 Å². The number of hydrogen-bond acceptors (Lipinski definition) is 5. The van der Waals surface area contributed by atoms with Gasteiger partial charge in [0.25, 0.3) is 0 Å². The molecule has 0 radical (unpaired) electrons. The Kier molecular flexibility index (Phi) is 12.8. The lowest BCUT2D eigenvalue weighted by Gasteiger charge is -2.08. The summed E-state index contributed by atoms with van der Waals surface area (Å²) in [6.07, 6.45) is 0.0833. The molecule has 15 heavy (non-hydrogen) atoms. The van der Waals surface area contributed by atoms with E-state index in [1.54, 1.807) is 14.0 Å². The van der Waals surface area contributed by atoms with E-state index in [-0.39, 0.29) is 12.1 Å². The molecule has 0 fully saturated rings. The van der Waals surface area contributed by atoms with Crippen LogP contribution in [0.4, 0.5) is 0 Å². The lowest BCUT2D eigenvalue weighted by Crippen LogP contribution is -2.17. The maximum absolute atomic E-state index is 10.3. The monoisotopic (exact) mass is 222 g/mol. The van der Waals surface area contributed by atoms with Gasteiger partial charge >= 0.3 is 5.97 Å². The van der Waals surface area contributed by atoms with Crippen LogP contribution < -0.4 is 0 Å². The predicted molar refractivity (Wildman–Crippen MR) is 56.2 cm³/mol. The van der Waals surface area contributed by atoms with Crippen LogP contribution in [-0.2, 0) is 14.3 Å². The number of aliphatic hydroxyl groups is 2. The van der Waals surface area contributed by atoms with Crippen LogP contribution in [0.2, 0.25) is 0 Å². The van der Waals surface area contributed by atoms with Gasteiger partial charge in [0.2, 0.25) is 0 Å². The van der Waals surface area contributed by atoms with Gasteiger partial charge in [0, 0.05) is 14.0 Å². The van der Waals surface area contributed by atoms with Gasteiger partial charge in [0.05, 0.1) is 6.61 Å². The first-order valence-electron chi connectivity index (χ1n) is 4.96. The largest absolute Gasteiger partial charge is 0.460 e. The molecule has 1 atom stereocenters. The molecule has 0 spiro atoms. The van der Waals surface area contributed by atoms with E-state index in [9.17, 15) is 4.79 Å². The number of ether oxygens (including phenoxy) is 2. The normalized spacial score (nSPS) is 11.7. The molecule has 0 aliphatic rings. The third-order valence-corrected chi connectivity index (χ3v) is 1.32. The second-order valence-corrected chi connectivity index (χ2v) is 3.14. The van der Waals surface area contributed by atoms with Crippen molar-refractivity contribution in [2.45, 2.75) is 46.0 Å². The summed E-state index contributed by atoms with van der Waals surface area (Å²) in [5.41, 5.74) is 0. The molecule has 0 aliphatic heterocycles. The van der Waals surface area contributed by atoms with Crippen molar-refractivity contribution in [2.75, 3.05) is 13.7 Å². The lowest BCUT2D eigenvalue weighted by atomic mass is 10.3. The molecule has 0 heterocycles. The van der Waals surface area contributed by atoms with E-state index in [2.05, 4.69) is 0 Å². The van der Waals surface area contributed by atoms with E-state index in [4.69, 9.17) is 19.7 Å². The van der Waals surface area contributed by atoms with Gasteiger partial charge < -0.3 is 19.7 Å². The molecule has 0 rings (SSSR count). The number of carbonyl (C=O) groups excluding carboxylic acids is 1. The zero-order valence-corrected chi connectivity index (χ0v) is 9.90. The fraction of sp³-hybridized carbons (Fsp3) is 0.900. The SMILES string of the molecule is CCCC(O)O.COCC(C)OC(C)=O. The second kappa shape index (κ2) is 11.4. The van der Waals surface area contributed by atoms with E-state index in [1.165, 1.54) is 6.92 Å². The molecular weight excluding hydrogens is 200 g/mol. The van der Waals surface area contributed by atoms with Crippen molar-refractivity contribution in [2.24, 2.45) is 0 Å². The lowest BCUT2D eigenvalue weighted by molar-refractivity contribution is -0.147. The Labute approximate surface area is 91.0 Å². The van der Waals surface area contributed by atoms with Gasteiger partial charge in [-0.3, -0.25) is 4.79 Å². The van der Waals surface area contributed by atoms with E-state index in [0.29, 0.717) is 13.0 Å². The van der Waals surface area contributed by atoms with Crippen LogP contribution in [-0.4, -0.2) is 42.3 Å². The Hall–Kier alpha value is -0.650. The topological polar surface area (TPSA) is 76.0 Å². The van der Waals surface area contributed by atoms with Gasteiger partial charge in [0.15, 0.2) is 6.29 Å². The van der Waals surface area contributed by atoms with E-state index < -0.39 is 6.29 Å². The third kappa shape index (κ3) is 19.7. The zero-order chi connectivity index (χ0) is 12.3. The highest BCUT2D eigenvalue weighted by molar-refractivity contribution is 5.66. The highest BCUT2D eigenvalue weighted by Crippen LogP contribution is 1.90. The van der Waals surface area contributed by atoms with Crippen LogP contribution in [0.5, 0.6) is 0 Å². The molecule has 92 valence electrons. The van der Waals surface area contributed by atoms with Gasteiger partial charge in [-0.2, -0.15) is 0 Å². The van der Waals surface area contributed by atoms with Crippen LogP contribution in [0, 0.1) is 0 Å². The van der Waals surface area contributed by atoms with Crippen molar-refractivity contribution in [1.82, 2.24) is 0 Å². The first-order chi connectivity index (χ1) is 6.93. The molecule has 0 aliphatic carbocycles. The minimum atomic E-state index is -1.10. The number of esters is 1. The first-order valence-corrected chi connectivity index (χ1v) is 4.96. The molecule has 0 aromatic heterocycles. The van der Waals surface area contributed by atoms with Crippen molar-refractivity contribution in [3.8, 4) is 0 Å². The average Bonchev–Trinajstić information content (AvgIpc) is 2.03. The average molecular weight is 222 g/mol. The van der Waals surface area contributed by atoms with Crippen molar-refractivity contribution < 1.29 is 24.5 Å². The fourth-order valence-corrected chi connectivity index (χ4v) is 0.810. The number of aliphatic hydroxyl groups excluding tert-OH is 1. The number of carbonyl (C=O) groups is 1. The second-order valence-electron chi connectivity index (χ2n) is 3.14. The number of hydrogen-bond donors (Lipinski definition) is 2. The Balaban J connectivity index is 0. The molecule has 0 aromatic carbocycles. The summed E-state index contributed by atoms with van der Waals surface area (Å²) >= 11 is 0. The summed E-state index contributed by atoms with van der Waals surface area (Å²) < 4.78 is 9.45. The quantitative estimate of drug-likeness (QED) is 0.528. The molecule has 1 unspecified atom stereocenters. The minimum Gasteiger partial charge on any atom is -0.460 e. The maximum atomic E-state index is 10.3. The van der Waals surface area contributed by atoms with Crippen LogP contribution >= 0.6 is 0 Å². The zero-order valence-electron chi connectivity index (χ0n) is 9.90. The molecule has 0 saturated carbocycles. The molecule has 0 amide bonds. The highest BCUT2D eigenvalue weighted by atomic mass is 16.6. The van der Waals surface area contributed by atoms with Crippen molar-refractivity contribution in [3.05, 3.63) is 0 Å². The van der Waals surface area contributed by atoms with Crippen molar-refractivity contribution in [3.63, 3.8) is 0 Å². The predicted octanol–water partition coefficient (Wildman–Crippen LogP) is 0.682. The molecular formula is C10H22O5.